The monoisotopic (exact) mass is 622 g/mol. The standard InChI is InChI=1S/C48H30O/c1-2-14-31(15-3-1)35-18-6-7-19-36(35)43-28-32-16-4-5-17-33(32)29-44(43)48-41-23-10-8-21-39(41)47(40-22-9-11-24-42(40)48)34-26-27-38-37-20-12-13-25-45(37)49-46(38)30-34/h1-30H. The van der Waals surface area contributed by atoms with Crippen LogP contribution in [-0.4, -0.2) is 0 Å². The quantitative estimate of drug-likeness (QED) is 0.178. The minimum atomic E-state index is 0.908. The Morgan fingerprint density at radius 2 is 0.776 bits per heavy atom. The van der Waals surface area contributed by atoms with Crippen LogP contribution in [0.25, 0.3) is 98.8 Å². The molecule has 0 amide bonds. The van der Waals surface area contributed by atoms with Crippen LogP contribution < -0.4 is 0 Å². The van der Waals surface area contributed by atoms with Crippen LogP contribution in [0.4, 0.5) is 0 Å². The first-order valence-electron chi connectivity index (χ1n) is 16.8. The van der Waals surface area contributed by atoms with Crippen molar-refractivity contribution >= 4 is 54.3 Å². The largest absolute Gasteiger partial charge is 0.456 e. The van der Waals surface area contributed by atoms with Gasteiger partial charge in [0.2, 0.25) is 0 Å². The van der Waals surface area contributed by atoms with Gasteiger partial charge in [-0.2, -0.15) is 0 Å². The van der Waals surface area contributed by atoms with Gasteiger partial charge in [-0.05, 0) is 107 Å². The topological polar surface area (TPSA) is 13.1 Å². The zero-order valence-electron chi connectivity index (χ0n) is 26.7. The van der Waals surface area contributed by atoms with E-state index in [1.807, 2.05) is 12.1 Å². The van der Waals surface area contributed by atoms with Gasteiger partial charge in [0, 0.05) is 10.8 Å². The van der Waals surface area contributed by atoms with E-state index in [9.17, 15) is 0 Å². The van der Waals surface area contributed by atoms with Crippen LogP contribution in [0.15, 0.2) is 186 Å². The molecule has 1 heterocycles. The van der Waals surface area contributed by atoms with Crippen molar-refractivity contribution in [2.45, 2.75) is 0 Å². The van der Waals surface area contributed by atoms with Crippen LogP contribution in [-0.2, 0) is 0 Å². The third-order valence-electron chi connectivity index (χ3n) is 10.1. The molecular weight excluding hydrogens is 593 g/mol. The summed E-state index contributed by atoms with van der Waals surface area (Å²) in [4.78, 5) is 0. The third-order valence-corrected chi connectivity index (χ3v) is 10.1. The summed E-state index contributed by atoms with van der Waals surface area (Å²) in [5, 5.41) is 9.66. The van der Waals surface area contributed by atoms with E-state index >= 15 is 0 Å². The van der Waals surface area contributed by atoms with Crippen molar-refractivity contribution in [3.05, 3.63) is 182 Å². The van der Waals surface area contributed by atoms with E-state index in [-0.39, 0.29) is 0 Å². The average Bonchev–Trinajstić information content (AvgIpc) is 3.55. The number of rotatable bonds is 4. The Morgan fingerprint density at radius 1 is 0.265 bits per heavy atom. The maximum atomic E-state index is 6.39. The van der Waals surface area contributed by atoms with Crippen LogP contribution in [0.1, 0.15) is 0 Å². The second-order valence-corrected chi connectivity index (χ2v) is 12.8. The number of furan rings is 1. The molecule has 1 heteroatoms. The molecule has 0 aliphatic heterocycles. The normalized spacial score (nSPS) is 11.7. The van der Waals surface area contributed by atoms with Crippen LogP contribution in [0, 0.1) is 0 Å². The fourth-order valence-electron chi connectivity index (χ4n) is 7.87. The van der Waals surface area contributed by atoms with Crippen molar-refractivity contribution in [2.75, 3.05) is 0 Å². The van der Waals surface area contributed by atoms with E-state index in [1.165, 1.54) is 71.3 Å². The summed E-state index contributed by atoms with van der Waals surface area (Å²) in [6.07, 6.45) is 0. The minimum Gasteiger partial charge on any atom is -0.456 e. The van der Waals surface area contributed by atoms with Crippen molar-refractivity contribution in [3.8, 4) is 44.5 Å². The lowest BCUT2D eigenvalue weighted by Gasteiger charge is -2.21. The van der Waals surface area contributed by atoms with Gasteiger partial charge in [0.05, 0.1) is 0 Å². The van der Waals surface area contributed by atoms with Gasteiger partial charge < -0.3 is 4.42 Å². The molecule has 10 rings (SSSR count). The molecule has 0 saturated heterocycles. The lowest BCUT2D eigenvalue weighted by atomic mass is 9.82. The molecular formula is C48H30O. The molecule has 0 N–H and O–H groups in total. The van der Waals surface area contributed by atoms with Gasteiger partial charge in [0.15, 0.2) is 0 Å². The third kappa shape index (κ3) is 4.40. The van der Waals surface area contributed by atoms with E-state index in [4.69, 9.17) is 4.42 Å². The molecule has 1 aromatic heterocycles. The number of fused-ring (bicyclic) bond motifs is 6. The second kappa shape index (κ2) is 11.1. The van der Waals surface area contributed by atoms with Crippen LogP contribution in [0.3, 0.4) is 0 Å². The number of para-hydroxylation sites is 1. The second-order valence-electron chi connectivity index (χ2n) is 12.8. The van der Waals surface area contributed by atoms with Gasteiger partial charge in [-0.3, -0.25) is 0 Å². The first-order chi connectivity index (χ1) is 24.3. The zero-order valence-corrected chi connectivity index (χ0v) is 26.7. The molecule has 0 radical (unpaired) electrons. The molecule has 0 unspecified atom stereocenters. The number of hydrogen-bond acceptors (Lipinski definition) is 1. The predicted molar refractivity (Wildman–Crippen MR) is 208 cm³/mol. The smallest absolute Gasteiger partial charge is 0.136 e. The van der Waals surface area contributed by atoms with Crippen molar-refractivity contribution in [3.63, 3.8) is 0 Å². The molecule has 0 aliphatic rings. The van der Waals surface area contributed by atoms with Crippen LogP contribution in [0.2, 0.25) is 0 Å². The maximum Gasteiger partial charge on any atom is 0.136 e. The van der Waals surface area contributed by atoms with Gasteiger partial charge in [-0.25, -0.2) is 0 Å². The Bertz CT molecular complexity index is 2820. The summed E-state index contributed by atoms with van der Waals surface area (Å²) in [7, 11) is 0. The predicted octanol–water partition coefficient (Wildman–Crippen LogP) is 13.7. The molecule has 1 nitrogen and oxygen atoms in total. The fourth-order valence-corrected chi connectivity index (χ4v) is 7.87. The summed E-state index contributed by atoms with van der Waals surface area (Å²) >= 11 is 0. The molecule has 9 aromatic carbocycles. The fraction of sp³-hybridized carbons (Fsp3) is 0. The number of benzene rings is 9. The van der Waals surface area contributed by atoms with Crippen molar-refractivity contribution in [2.24, 2.45) is 0 Å². The average molecular weight is 623 g/mol. The molecule has 0 atom stereocenters. The summed E-state index contributed by atoms with van der Waals surface area (Å²) < 4.78 is 6.39. The SMILES string of the molecule is c1ccc(-c2ccccc2-c2cc3ccccc3cc2-c2c3ccccc3c(-c3ccc4c(c3)oc3ccccc34)c3ccccc23)cc1. The summed E-state index contributed by atoms with van der Waals surface area (Å²) in [6.45, 7) is 0. The molecule has 0 bridgehead atoms. The first-order valence-corrected chi connectivity index (χ1v) is 16.8. The molecule has 0 aliphatic carbocycles. The molecule has 0 spiro atoms. The van der Waals surface area contributed by atoms with Crippen molar-refractivity contribution < 1.29 is 4.42 Å². The highest BCUT2D eigenvalue weighted by atomic mass is 16.3. The first kappa shape index (κ1) is 27.7. The Labute approximate surface area is 284 Å². The molecule has 49 heavy (non-hydrogen) atoms. The zero-order chi connectivity index (χ0) is 32.3. The Balaban J connectivity index is 1.31. The molecule has 0 fully saturated rings. The lowest BCUT2D eigenvalue weighted by molar-refractivity contribution is 0.669. The summed E-state index contributed by atoms with van der Waals surface area (Å²) in [5.74, 6) is 0. The van der Waals surface area contributed by atoms with Gasteiger partial charge >= 0.3 is 0 Å². The highest BCUT2D eigenvalue weighted by Gasteiger charge is 2.21. The maximum absolute atomic E-state index is 6.39. The van der Waals surface area contributed by atoms with Gasteiger partial charge in [0.25, 0.3) is 0 Å². The number of hydrogen-bond donors (Lipinski definition) is 0. The highest BCUT2D eigenvalue weighted by Crippen LogP contribution is 2.48. The van der Waals surface area contributed by atoms with Gasteiger partial charge in [-0.15, -0.1) is 0 Å². The van der Waals surface area contributed by atoms with E-state index in [0.717, 1.165) is 27.5 Å². The molecule has 228 valence electrons. The van der Waals surface area contributed by atoms with Crippen molar-refractivity contribution in [1.29, 1.82) is 0 Å². The summed E-state index contributed by atoms with van der Waals surface area (Å²) in [6, 6.07) is 65.9. The van der Waals surface area contributed by atoms with Crippen LogP contribution in [0.5, 0.6) is 0 Å². The highest BCUT2D eigenvalue weighted by molar-refractivity contribution is 6.23. The van der Waals surface area contributed by atoms with E-state index in [1.54, 1.807) is 0 Å². The van der Waals surface area contributed by atoms with Gasteiger partial charge in [-0.1, -0.05) is 152 Å². The Hall–Kier alpha value is -6.44. The Kier molecular flexibility index (Phi) is 6.25. The lowest BCUT2D eigenvalue weighted by Crippen LogP contribution is -1.94. The molecule has 0 saturated carbocycles. The van der Waals surface area contributed by atoms with E-state index in [2.05, 4.69) is 170 Å². The summed E-state index contributed by atoms with van der Waals surface area (Å²) in [5.41, 5.74) is 11.6. The van der Waals surface area contributed by atoms with E-state index < -0.39 is 0 Å². The van der Waals surface area contributed by atoms with Crippen LogP contribution >= 0.6 is 0 Å². The Morgan fingerprint density at radius 3 is 1.47 bits per heavy atom. The van der Waals surface area contributed by atoms with Crippen molar-refractivity contribution in [1.82, 2.24) is 0 Å². The van der Waals surface area contributed by atoms with Gasteiger partial charge in [0.1, 0.15) is 11.2 Å². The van der Waals surface area contributed by atoms with E-state index in [0.29, 0.717) is 0 Å². The minimum absolute atomic E-state index is 0.908. The molecule has 10 aromatic rings.